The Labute approximate surface area is 130 Å². The molecule has 0 bridgehead atoms. The number of nitrogens with one attached hydrogen (secondary N) is 2. The van der Waals surface area contributed by atoms with E-state index in [1.807, 2.05) is 6.92 Å². The number of ether oxygens (including phenoxy) is 1. The molecule has 0 radical (unpaired) electrons. The van der Waals surface area contributed by atoms with Crippen LogP contribution >= 0.6 is 0 Å². The van der Waals surface area contributed by atoms with E-state index in [9.17, 15) is 18.3 Å². The molecule has 9 heteroatoms. The minimum absolute atomic E-state index is 0.175. The zero-order chi connectivity index (χ0) is 16.4. The van der Waals surface area contributed by atoms with Gasteiger partial charge in [-0.1, -0.05) is 25.8 Å². The summed E-state index contributed by atoms with van der Waals surface area (Å²) in [6.07, 6.45) is 1.78. The zero-order valence-electron chi connectivity index (χ0n) is 12.4. The average molecular weight is 331 g/mol. The van der Waals surface area contributed by atoms with Crippen molar-refractivity contribution in [1.82, 2.24) is 15.0 Å². The standard InChI is InChI=1S/C13H21N3O5S/c1-2-3-5-9-15-13(18)21-12(17)10-16-22(19,20)11-7-4-6-8-14-11/h4,6-8,12,16-17H,2-3,5,9-10H2,1H3,(H,15,18)/t12-/m0/s1. The van der Waals surface area contributed by atoms with Crippen LogP contribution in [0.4, 0.5) is 4.79 Å². The molecule has 0 fully saturated rings. The summed E-state index contributed by atoms with van der Waals surface area (Å²) in [5.74, 6) is 0. The number of hydrogen-bond acceptors (Lipinski definition) is 6. The minimum Gasteiger partial charge on any atom is -0.418 e. The monoisotopic (exact) mass is 331 g/mol. The summed E-state index contributed by atoms with van der Waals surface area (Å²) in [6, 6.07) is 4.42. The summed E-state index contributed by atoms with van der Waals surface area (Å²) in [7, 11) is -3.85. The fourth-order valence-electron chi connectivity index (χ4n) is 1.53. The molecule has 0 aromatic carbocycles. The van der Waals surface area contributed by atoms with Gasteiger partial charge in [-0.05, 0) is 18.6 Å². The second kappa shape index (κ2) is 9.34. The van der Waals surface area contributed by atoms with Gasteiger partial charge in [0.2, 0.25) is 6.29 Å². The predicted molar refractivity (Wildman–Crippen MR) is 79.4 cm³/mol. The third-order valence-corrected chi connectivity index (χ3v) is 3.99. The lowest BCUT2D eigenvalue weighted by molar-refractivity contribution is -0.0463. The van der Waals surface area contributed by atoms with E-state index in [0.717, 1.165) is 19.3 Å². The van der Waals surface area contributed by atoms with Crippen LogP contribution in [-0.2, 0) is 14.8 Å². The third-order valence-electron chi connectivity index (χ3n) is 2.65. The van der Waals surface area contributed by atoms with Gasteiger partial charge in [0.05, 0.1) is 6.54 Å². The molecule has 1 aromatic heterocycles. The van der Waals surface area contributed by atoms with Gasteiger partial charge in [-0.2, -0.15) is 0 Å². The molecule has 1 heterocycles. The van der Waals surface area contributed by atoms with E-state index in [1.165, 1.54) is 18.3 Å². The second-order valence-corrected chi connectivity index (χ2v) is 6.23. The normalized spacial score (nSPS) is 12.6. The van der Waals surface area contributed by atoms with Gasteiger partial charge in [-0.15, -0.1) is 0 Å². The first kappa shape index (κ1) is 18.3. The Morgan fingerprint density at radius 3 is 2.82 bits per heavy atom. The quantitative estimate of drug-likeness (QED) is 0.450. The van der Waals surface area contributed by atoms with Crippen molar-refractivity contribution in [3.8, 4) is 0 Å². The minimum atomic E-state index is -3.85. The number of carbonyl (C=O) groups excluding carboxylic acids is 1. The van der Waals surface area contributed by atoms with Crippen LogP contribution in [0.2, 0.25) is 0 Å². The molecule has 8 nitrogen and oxygen atoms in total. The summed E-state index contributed by atoms with van der Waals surface area (Å²) in [5, 5.41) is 11.8. The lowest BCUT2D eigenvalue weighted by Crippen LogP contribution is -2.37. The molecule has 3 N–H and O–H groups in total. The Hall–Kier alpha value is -1.71. The number of unbranched alkanes of at least 4 members (excludes halogenated alkanes) is 2. The molecule has 1 amide bonds. The van der Waals surface area contributed by atoms with E-state index in [1.54, 1.807) is 6.07 Å². The molecule has 0 unspecified atom stereocenters. The van der Waals surface area contributed by atoms with Crippen molar-refractivity contribution in [3.05, 3.63) is 24.4 Å². The summed E-state index contributed by atoms with van der Waals surface area (Å²) in [4.78, 5) is 15.0. The fourth-order valence-corrected chi connectivity index (χ4v) is 2.50. The Kier molecular flexibility index (Phi) is 7.78. The predicted octanol–water partition coefficient (Wildman–Crippen LogP) is 0.595. The Bertz CT molecular complexity index is 550. The Morgan fingerprint density at radius 2 is 2.18 bits per heavy atom. The third kappa shape index (κ3) is 6.83. The first-order chi connectivity index (χ1) is 10.5. The molecule has 22 heavy (non-hydrogen) atoms. The van der Waals surface area contributed by atoms with Crippen molar-refractivity contribution >= 4 is 16.1 Å². The molecule has 0 aliphatic carbocycles. The van der Waals surface area contributed by atoms with Crippen molar-refractivity contribution < 1.29 is 23.1 Å². The van der Waals surface area contributed by atoms with Gasteiger partial charge in [0, 0.05) is 12.7 Å². The highest BCUT2D eigenvalue weighted by molar-refractivity contribution is 7.89. The molecule has 1 rings (SSSR count). The SMILES string of the molecule is CCCCCNC(=O)O[C@H](O)CNS(=O)(=O)c1ccccn1. The number of alkyl carbamates (subject to hydrolysis) is 1. The lowest BCUT2D eigenvalue weighted by Gasteiger charge is -2.13. The number of hydrogen-bond donors (Lipinski definition) is 3. The van der Waals surface area contributed by atoms with Gasteiger partial charge in [-0.3, -0.25) is 0 Å². The first-order valence-electron chi connectivity index (χ1n) is 6.99. The number of aliphatic hydroxyl groups excluding tert-OH is 1. The van der Waals surface area contributed by atoms with Crippen LogP contribution in [0.5, 0.6) is 0 Å². The maximum absolute atomic E-state index is 11.8. The molecule has 1 aromatic rings. The topological polar surface area (TPSA) is 118 Å². The number of nitrogens with zero attached hydrogens (tertiary/aromatic N) is 1. The van der Waals surface area contributed by atoms with Gasteiger partial charge in [0.15, 0.2) is 5.03 Å². The molecule has 0 aliphatic rings. The van der Waals surface area contributed by atoms with Crippen LogP contribution in [0.25, 0.3) is 0 Å². The maximum Gasteiger partial charge on any atom is 0.409 e. The Balaban J connectivity index is 2.33. The first-order valence-corrected chi connectivity index (χ1v) is 8.47. The van der Waals surface area contributed by atoms with Crippen molar-refractivity contribution in [2.75, 3.05) is 13.1 Å². The lowest BCUT2D eigenvalue weighted by atomic mass is 10.2. The number of aliphatic hydroxyl groups is 1. The van der Waals surface area contributed by atoms with E-state index in [2.05, 4.69) is 19.8 Å². The van der Waals surface area contributed by atoms with E-state index in [0.29, 0.717) is 6.54 Å². The van der Waals surface area contributed by atoms with Crippen LogP contribution in [0.15, 0.2) is 29.4 Å². The fraction of sp³-hybridized carbons (Fsp3) is 0.538. The van der Waals surface area contributed by atoms with Crippen LogP contribution in [0.1, 0.15) is 26.2 Å². The van der Waals surface area contributed by atoms with Crippen LogP contribution < -0.4 is 10.0 Å². The zero-order valence-corrected chi connectivity index (χ0v) is 13.2. The van der Waals surface area contributed by atoms with Crippen LogP contribution in [0, 0.1) is 0 Å². The van der Waals surface area contributed by atoms with Crippen LogP contribution in [0.3, 0.4) is 0 Å². The number of sulfonamides is 1. The number of pyridine rings is 1. The Morgan fingerprint density at radius 1 is 1.41 bits per heavy atom. The molecular formula is C13H21N3O5S. The van der Waals surface area contributed by atoms with Gasteiger partial charge in [0.25, 0.3) is 10.0 Å². The van der Waals surface area contributed by atoms with Gasteiger partial charge in [0.1, 0.15) is 0 Å². The van der Waals surface area contributed by atoms with E-state index < -0.39 is 29.0 Å². The van der Waals surface area contributed by atoms with Gasteiger partial charge < -0.3 is 15.2 Å². The molecule has 124 valence electrons. The van der Waals surface area contributed by atoms with Crippen molar-refractivity contribution in [2.45, 2.75) is 37.5 Å². The highest BCUT2D eigenvalue weighted by Gasteiger charge is 2.18. The van der Waals surface area contributed by atoms with Gasteiger partial charge >= 0.3 is 6.09 Å². The van der Waals surface area contributed by atoms with Crippen molar-refractivity contribution in [1.29, 1.82) is 0 Å². The summed E-state index contributed by atoms with van der Waals surface area (Å²) in [5.41, 5.74) is 0. The van der Waals surface area contributed by atoms with Gasteiger partial charge in [-0.25, -0.2) is 22.9 Å². The molecule has 1 atom stereocenters. The smallest absolute Gasteiger partial charge is 0.409 e. The number of aromatic nitrogens is 1. The maximum atomic E-state index is 11.8. The molecule has 0 saturated carbocycles. The summed E-state index contributed by atoms with van der Waals surface area (Å²) < 4.78 is 30.4. The average Bonchev–Trinajstić information content (AvgIpc) is 2.51. The summed E-state index contributed by atoms with van der Waals surface area (Å²) >= 11 is 0. The number of amides is 1. The molecular weight excluding hydrogens is 310 g/mol. The largest absolute Gasteiger partial charge is 0.418 e. The van der Waals surface area contributed by atoms with Crippen molar-refractivity contribution in [3.63, 3.8) is 0 Å². The van der Waals surface area contributed by atoms with E-state index in [-0.39, 0.29) is 5.03 Å². The van der Waals surface area contributed by atoms with Crippen LogP contribution in [-0.4, -0.2) is 44.0 Å². The number of carbonyl (C=O) groups is 1. The van der Waals surface area contributed by atoms with Crippen molar-refractivity contribution in [2.24, 2.45) is 0 Å². The number of rotatable bonds is 9. The molecule has 0 spiro atoms. The molecule has 0 saturated heterocycles. The second-order valence-electron chi connectivity index (χ2n) is 4.51. The van der Waals surface area contributed by atoms with E-state index in [4.69, 9.17) is 0 Å². The summed E-state index contributed by atoms with van der Waals surface area (Å²) in [6.45, 7) is 2.02. The highest BCUT2D eigenvalue weighted by atomic mass is 32.2. The highest BCUT2D eigenvalue weighted by Crippen LogP contribution is 2.03. The van der Waals surface area contributed by atoms with E-state index >= 15 is 0 Å². The molecule has 0 aliphatic heterocycles.